The lowest BCUT2D eigenvalue weighted by Crippen LogP contribution is -2.42. The lowest BCUT2D eigenvalue weighted by molar-refractivity contribution is 0.0213. The van der Waals surface area contributed by atoms with Crippen molar-refractivity contribution in [2.75, 3.05) is 6.54 Å². The predicted molar refractivity (Wildman–Crippen MR) is 71.3 cm³/mol. The van der Waals surface area contributed by atoms with Crippen molar-refractivity contribution in [3.8, 4) is 0 Å². The molecular formula is C14H21FN2O2. The Morgan fingerprint density at radius 1 is 1.42 bits per heavy atom. The highest BCUT2D eigenvalue weighted by atomic mass is 19.1. The summed E-state index contributed by atoms with van der Waals surface area (Å²) in [5.74, 6) is -1.09. The average Bonchev–Trinajstić information content (AvgIpc) is 2.37. The fourth-order valence-corrected chi connectivity index (χ4v) is 2.12. The quantitative estimate of drug-likeness (QED) is 0.746. The molecule has 1 heterocycles. The van der Waals surface area contributed by atoms with Gasteiger partial charge in [0.05, 0.1) is 5.60 Å². The van der Waals surface area contributed by atoms with Crippen LogP contribution >= 0.6 is 0 Å². The number of pyridine rings is 1. The zero-order valence-corrected chi connectivity index (χ0v) is 11.4. The van der Waals surface area contributed by atoms with Crippen LogP contribution in [0.5, 0.6) is 0 Å². The minimum Gasteiger partial charge on any atom is -0.388 e. The van der Waals surface area contributed by atoms with Crippen LogP contribution in [0.25, 0.3) is 0 Å². The lowest BCUT2D eigenvalue weighted by atomic mass is 9.92. The Hall–Kier alpha value is -1.49. The maximum Gasteiger partial charge on any atom is 0.251 e. The number of aliphatic hydroxyl groups is 1. The molecule has 0 aliphatic carbocycles. The van der Waals surface area contributed by atoms with E-state index in [1.807, 2.05) is 13.8 Å². The molecule has 0 aromatic carbocycles. The number of aromatic nitrogens is 1. The smallest absolute Gasteiger partial charge is 0.251 e. The molecule has 1 amide bonds. The van der Waals surface area contributed by atoms with Gasteiger partial charge in [-0.05, 0) is 18.9 Å². The molecule has 0 atom stereocenters. The van der Waals surface area contributed by atoms with Gasteiger partial charge in [0.15, 0.2) is 0 Å². The summed E-state index contributed by atoms with van der Waals surface area (Å²) in [6.07, 6.45) is 4.19. The molecule has 106 valence electrons. The normalized spacial score (nSPS) is 11.4. The maximum absolute atomic E-state index is 12.9. The summed E-state index contributed by atoms with van der Waals surface area (Å²) < 4.78 is 12.9. The molecule has 19 heavy (non-hydrogen) atoms. The number of hydrogen-bond donors (Lipinski definition) is 2. The molecular weight excluding hydrogens is 247 g/mol. The fourth-order valence-electron chi connectivity index (χ4n) is 2.12. The van der Waals surface area contributed by atoms with Gasteiger partial charge in [-0.15, -0.1) is 0 Å². The number of carbonyl (C=O) groups excluding carboxylic acids is 1. The standard InChI is InChI=1S/C14H21FN2O2/c1-3-6-14(19,7-4-2)10-17-13(18)11-5-8-16-12(15)9-11/h5,8-9,19H,3-4,6-7,10H2,1-2H3,(H,17,18). The fraction of sp³-hybridized carbons (Fsp3) is 0.571. The largest absolute Gasteiger partial charge is 0.388 e. The molecule has 0 radical (unpaired) electrons. The third-order valence-corrected chi connectivity index (χ3v) is 3.00. The van der Waals surface area contributed by atoms with Crippen LogP contribution in [0, 0.1) is 5.95 Å². The first-order chi connectivity index (χ1) is 9.00. The highest BCUT2D eigenvalue weighted by Gasteiger charge is 2.25. The van der Waals surface area contributed by atoms with E-state index >= 15 is 0 Å². The first-order valence-corrected chi connectivity index (χ1v) is 6.63. The van der Waals surface area contributed by atoms with Crippen LogP contribution < -0.4 is 5.32 Å². The first kappa shape index (κ1) is 15.6. The summed E-state index contributed by atoms with van der Waals surface area (Å²) in [6.45, 7) is 4.15. The minimum absolute atomic E-state index is 0.178. The van der Waals surface area contributed by atoms with E-state index < -0.39 is 17.5 Å². The van der Waals surface area contributed by atoms with Gasteiger partial charge in [-0.2, -0.15) is 4.39 Å². The molecule has 1 rings (SSSR count). The van der Waals surface area contributed by atoms with Crippen LogP contribution in [0.2, 0.25) is 0 Å². The van der Waals surface area contributed by atoms with Crippen LogP contribution in [-0.4, -0.2) is 28.1 Å². The number of hydrogen-bond acceptors (Lipinski definition) is 3. The third kappa shape index (κ3) is 4.95. The Labute approximate surface area is 113 Å². The van der Waals surface area contributed by atoms with Crippen molar-refractivity contribution < 1.29 is 14.3 Å². The SMILES string of the molecule is CCCC(O)(CCC)CNC(=O)c1ccnc(F)c1. The van der Waals surface area contributed by atoms with E-state index in [1.165, 1.54) is 12.3 Å². The van der Waals surface area contributed by atoms with Gasteiger partial charge in [0.2, 0.25) is 5.95 Å². The molecule has 0 spiro atoms. The molecule has 0 fully saturated rings. The van der Waals surface area contributed by atoms with Crippen molar-refractivity contribution >= 4 is 5.91 Å². The molecule has 0 saturated carbocycles. The van der Waals surface area contributed by atoms with Crippen LogP contribution in [0.15, 0.2) is 18.3 Å². The number of rotatable bonds is 7. The molecule has 1 aromatic heterocycles. The zero-order chi connectivity index (χ0) is 14.3. The highest BCUT2D eigenvalue weighted by molar-refractivity contribution is 5.94. The number of nitrogens with one attached hydrogen (secondary N) is 1. The van der Waals surface area contributed by atoms with E-state index in [-0.39, 0.29) is 12.1 Å². The second kappa shape index (κ2) is 7.19. The van der Waals surface area contributed by atoms with Crippen LogP contribution in [-0.2, 0) is 0 Å². The van der Waals surface area contributed by atoms with E-state index in [1.54, 1.807) is 0 Å². The Morgan fingerprint density at radius 2 is 2.05 bits per heavy atom. The van der Waals surface area contributed by atoms with Gasteiger partial charge in [-0.25, -0.2) is 4.98 Å². The van der Waals surface area contributed by atoms with Crippen LogP contribution in [0.4, 0.5) is 4.39 Å². The van der Waals surface area contributed by atoms with E-state index in [4.69, 9.17) is 0 Å². The van der Waals surface area contributed by atoms with Crippen molar-refractivity contribution in [3.05, 3.63) is 29.8 Å². The summed E-state index contributed by atoms with van der Waals surface area (Å²) in [7, 11) is 0. The Bertz CT molecular complexity index is 418. The van der Waals surface area contributed by atoms with Gasteiger partial charge < -0.3 is 10.4 Å². The molecule has 0 aliphatic rings. The van der Waals surface area contributed by atoms with E-state index in [0.717, 1.165) is 18.9 Å². The van der Waals surface area contributed by atoms with E-state index in [2.05, 4.69) is 10.3 Å². The zero-order valence-electron chi connectivity index (χ0n) is 11.4. The predicted octanol–water partition coefficient (Wildman–Crippen LogP) is 2.28. The minimum atomic E-state index is -0.884. The molecule has 2 N–H and O–H groups in total. The third-order valence-electron chi connectivity index (χ3n) is 3.00. The Kier molecular flexibility index (Phi) is 5.89. The van der Waals surface area contributed by atoms with Gasteiger partial charge in [0.1, 0.15) is 0 Å². The second-order valence-electron chi connectivity index (χ2n) is 4.77. The summed E-state index contributed by atoms with van der Waals surface area (Å²) in [6, 6.07) is 2.52. The first-order valence-electron chi connectivity index (χ1n) is 6.63. The average molecular weight is 268 g/mol. The topological polar surface area (TPSA) is 62.2 Å². The molecule has 0 saturated heterocycles. The maximum atomic E-state index is 12.9. The van der Waals surface area contributed by atoms with Gasteiger partial charge in [-0.3, -0.25) is 4.79 Å². The molecule has 0 bridgehead atoms. The number of carbonyl (C=O) groups is 1. The van der Waals surface area contributed by atoms with Crippen LogP contribution in [0.3, 0.4) is 0 Å². The van der Waals surface area contributed by atoms with Crippen LogP contribution in [0.1, 0.15) is 49.9 Å². The summed E-state index contributed by atoms with van der Waals surface area (Å²) >= 11 is 0. The van der Waals surface area contributed by atoms with Gasteiger partial charge in [-0.1, -0.05) is 26.7 Å². The van der Waals surface area contributed by atoms with Crippen molar-refractivity contribution in [2.24, 2.45) is 0 Å². The van der Waals surface area contributed by atoms with Gasteiger partial charge >= 0.3 is 0 Å². The lowest BCUT2D eigenvalue weighted by Gasteiger charge is -2.27. The number of halogens is 1. The van der Waals surface area contributed by atoms with Gasteiger partial charge in [0, 0.05) is 24.4 Å². The Morgan fingerprint density at radius 3 is 2.58 bits per heavy atom. The van der Waals surface area contributed by atoms with Crippen molar-refractivity contribution in [2.45, 2.75) is 45.1 Å². The Balaban J connectivity index is 2.61. The summed E-state index contributed by atoms with van der Waals surface area (Å²) in [5, 5.41) is 13.0. The van der Waals surface area contributed by atoms with E-state index in [9.17, 15) is 14.3 Å². The second-order valence-corrected chi connectivity index (χ2v) is 4.77. The molecule has 4 nitrogen and oxygen atoms in total. The van der Waals surface area contributed by atoms with Crippen molar-refractivity contribution in [1.29, 1.82) is 0 Å². The molecule has 5 heteroatoms. The molecule has 0 unspecified atom stereocenters. The number of nitrogens with zero attached hydrogens (tertiary/aromatic N) is 1. The molecule has 0 aliphatic heterocycles. The van der Waals surface area contributed by atoms with E-state index in [0.29, 0.717) is 12.8 Å². The highest BCUT2D eigenvalue weighted by Crippen LogP contribution is 2.18. The van der Waals surface area contributed by atoms with Crippen molar-refractivity contribution in [3.63, 3.8) is 0 Å². The molecule has 1 aromatic rings. The summed E-state index contributed by atoms with van der Waals surface area (Å²) in [4.78, 5) is 15.2. The number of amides is 1. The van der Waals surface area contributed by atoms with Gasteiger partial charge in [0.25, 0.3) is 5.91 Å². The van der Waals surface area contributed by atoms with Crippen molar-refractivity contribution in [1.82, 2.24) is 10.3 Å². The summed E-state index contributed by atoms with van der Waals surface area (Å²) in [5.41, 5.74) is -0.673. The monoisotopic (exact) mass is 268 g/mol.